The van der Waals surface area contributed by atoms with E-state index in [0.717, 1.165) is 35.2 Å². The Balaban J connectivity index is 1.44. The number of benzene rings is 2. The number of hydrogen-bond donors (Lipinski definition) is 1. The van der Waals surface area contributed by atoms with Gasteiger partial charge in [0.2, 0.25) is 5.43 Å². The SMILES string of the molecule is Cn1cc(C(=O)N2CCOc3ccc(C(O)C4CCCCC4)cc3C2)c(=O)c2ccccc21. The van der Waals surface area contributed by atoms with Crippen molar-refractivity contribution in [2.24, 2.45) is 13.0 Å². The van der Waals surface area contributed by atoms with Crippen molar-refractivity contribution in [3.8, 4) is 5.75 Å². The second-order valence-corrected chi connectivity index (χ2v) is 9.29. The molecule has 1 atom stereocenters. The molecule has 0 saturated heterocycles. The Hall–Kier alpha value is -3.12. The lowest BCUT2D eigenvalue weighted by molar-refractivity contribution is 0.0731. The van der Waals surface area contributed by atoms with E-state index in [2.05, 4.69) is 0 Å². The first kappa shape index (κ1) is 21.7. The van der Waals surface area contributed by atoms with Crippen molar-refractivity contribution in [1.29, 1.82) is 0 Å². The topological polar surface area (TPSA) is 71.8 Å². The van der Waals surface area contributed by atoms with Gasteiger partial charge in [0.1, 0.15) is 17.9 Å². The first-order valence-corrected chi connectivity index (χ1v) is 11.8. The Labute approximate surface area is 193 Å². The second-order valence-electron chi connectivity index (χ2n) is 9.29. The van der Waals surface area contributed by atoms with Gasteiger partial charge in [-0.15, -0.1) is 0 Å². The third-order valence-electron chi connectivity index (χ3n) is 7.12. The van der Waals surface area contributed by atoms with Gasteiger partial charge in [-0.2, -0.15) is 0 Å². The van der Waals surface area contributed by atoms with Crippen molar-refractivity contribution < 1.29 is 14.6 Å². The molecule has 1 unspecified atom stereocenters. The Kier molecular flexibility index (Phi) is 5.94. The van der Waals surface area contributed by atoms with Crippen LogP contribution in [-0.4, -0.2) is 33.6 Å². The molecule has 1 aliphatic heterocycles. The van der Waals surface area contributed by atoms with Crippen LogP contribution < -0.4 is 10.2 Å². The zero-order valence-electron chi connectivity index (χ0n) is 19.0. The van der Waals surface area contributed by atoms with E-state index in [1.165, 1.54) is 19.3 Å². The predicted octanol–water partition coefficient (Wildman–Crippen LogP) is 4.19. The number of hydrogen-bond acceptors (Lipinski definition) is 4. The van der Waals surface area contributed by atoms with E-state index in [9.17, 15) is 14.7 Å². The van der Waals surface area contributed by atoms with Crippen molar-refractivity contribution in [3.05, 3.63) is 75.6 Å². The summed E-state index contributed by atoms with van der Waals surface area (Å²) >= 11 is 0. The third-order valence-corrected chi connectivity index (χ3v) is 7.12. The highest BCUT2D eigenvalue weighted by Gasteiger charge is 2.27. The summed E-state index contributed by atoms with van der Waals surface area (Å²) in [6, 6.07) is 13.1. The highest BCUT2D eigenvalue weighted by Crippen LogP contribution is 2.36. The lowest BCUT2D eigenvalue weighted by atomic mass is 9.82. The molecule has 5 rings (SSSR count). The van der Waals surface area contributed by atoms with E-state index in [0.29, 0.717) is 25.1 Å². The number of nitrogens with zero attached hydrogens (tertiary/aromatic N) is 2. The highest BCUT2D eigenvalue weighted by molar-refractivity contribution is 5.97. The fourth-order valence-electron chi connectivity index (χ4n) is 5.26. The van der Waals surface area contributed by atoms with Crippen molar-refractivity contribution in [3.63, 3.8) is 0 Å². The van der Waals surface area contributed by atoms with Gasteiger partial charge in [0.05, 0.1) is 18.2 Å². The van der Waals surface area contributed by atoms with E-state index in [4.69, 9.17) is 4.74 Å². The van der Waals surface area contributed by atoms with Gasteiger partial charge in [-0.1, -0.05) is 37.5 Å². The molecular formula is C27H30N2O4. The second kappa shape index (κ2) is 9.02. The number of aryl methyl sites for hydroxylation is 1. The summed E-state index contributed by atoms with van der Waals surface area (Å²) in [5, 5.41) is 11.5. The summed E-state index contributed by atoms with van der Waals surface area (Å²) in [6.07, 6.45) is 6.79. The zero-order valence-corrected chi connectivity index (χ0v) is 19.0. The van der Waals surface area contributed by atoms with Crippen LogP contribution in [0.5, 0.6) is 5.75 Å². The minimum Gasteiger partial charge on any atom is -0.491 e. The lowest BCUT2D eigenvalue weighted by Gasteiger charge is -2.27. The number of aliphatic hydroxyl groups is 1. The number of pyridine rings is 1. The molecule has 2 aromatic carbocycles. The lowest BCUT2D eigenvalue weighted by Crippen LogP contribution is -2.36. The predicted molar refractivity (Wildman–Crippen MR) is 127 cm³/mol. The van der Waals surface area contributed by atoms with Crippen LogP contribution >= 0.6 is 0 Å². The fourth-order valence-corrected chi connectivity index (χ4v) is 5.26. The molecule has 1 aliphatic carbocycles. The van der Waals surface area contributed by atoms with Crippen molar-refractivity contribution >= 4 is 16.8 Å². The number of rotatable bonds is 3. The third kappa shape index (κ3) is 4.15. The molecule has 1 saturated carbocycles. The number of ether oxygens (including phenoxy) is 1. The Morgan fingerprint density at radius 1 is 1.12 bits per heavy atom. The minimum absolute atomic E-state index is 0.165. The molecule has 1 fully saturated rings. The zero-order chi connectivity index (χ0) is 22.9. The van der Waals surface area contributed by atoms with E-state index in [1.807, 2.05) is 48.0 Å². The van der Waals surface area contributed by atoms with Gasteiger partial charge in [0.15, 0.2) is 0 Å². The van der Waals surface area contributed by atoms with E-state index >= 15 is 0 Å². The molecule has 6 heteroatoms. The van der Waals surface area contributed by atoms with Gasteiger partial charge in [-0.3, -0.25) is 9.59 Å². The van der Waals surface area contributed by atoms with Crippen molar-refractivity contribution in [2.45, 2.75) is 44.8 Å². The Morgan fingerprint density at radius 3 is 2.73 bits per heavy atom. The largest absolute Gasteiger partial charge is 0.491 e. The van der Waals surface area contributed by atoms with Crippen LogP contribution in [0.15, 0.2) is 53.5 Å². The van der Waals surface area contributed by atoms with E-state index in [-0.39, 0.29) is 22.8 Å². The first-order valence-electron chi connectivity index (χ1n) is 11.8. The monoisotopic (exact) mass is 446 g/mol. The van der Waals surface area contributed by atoms with Crippen LogP contribution in [0.3, 0.4) is 0 Å². The number of carbonyl (C=O) groups is 1. The number of aromatic nitrogens is 1. The molecular weight excluding hydrogens is 416 g/mol. The molecule has 0 bridgehead atoms. The van der Waals surface area contributed by atoms with Gasteiger partial charge in [-0.25, -0.2) is 0 Å². The summed E-state index contributed by atoms with van der Waals surface area (Å²) in [6.45, 7) is 1.09. The summed E-state index contributed by atoms with van der Waals surface area (Å²) in [5.74, 6) is 0.717. The summed E-state index contributed by atoms with van der Waals surface area (Å²) < 4.78 is 7.73. The number of amides is 1. The van der Waals surface area contributed by atoms with Crippen LogP contribution in [0.25, 0.3) is 10.9 Å². The van der Waals surface area contributed by atoms with Gasteiger partial charge >= 0.3 is 0 Å². The quantitative estimate of drug-likeness (QED) is 0.655. The molecule has 3 aromatic rings. The molecule has 1 aromatic heterocycles. The first-order chi connectivity index (χ1) is 16.0. The maximum atomic E-state index is 13.5. The van der Waals surface area contributed by atoms with Gasteiger partial charge in [-0.05, 0) is 48.6 Å². The number of carbonyl (C=O) groups excluding carboxylic acids is 1. The highest BCUT2D eigenvalue weighted by atomic mass is 16.5. The Bertz CT molecular complexity index is 1240. The van der Waals surface area contributed by atoms with Crippen molar-refractivity contribution in [2.75, 3.05) is 13.2 Å². The minimum atomic E-state index is -0.504. The molecule has 1 N–H and O–H groups in total. The molecule has 2 heterocycles. The molecule has 0 radical (unpaired) electrons. The van der Waals surface area contributed by atoms with Crippen LogP contribution in [-0.2, 0) is 13.6 Å². The summed E-state index contributed by atoms with van der Waals surface area (Å²) in [7, 11) is 1.85. The van der Waals surface area contributed by atoms with Gasteiger partial charge in [0.25, 0.3) is 5.91 Å². The molecule has 2 aliphatic rings. The van der Waals surface area contributed by atoms with E-state index in [1.54, 1.807) is 17.2 Å². The standard InChI is InChI=1S/C27H30N2O4/c1-28-17-22(26(31)21-9-5-6-10-23(21)28)27(32)29-13-14-33-24-12-11-19(15-20(24)16-29)25(30)18-7-3-2-4-8-18/h5-6,9-12,15,17-18,25,30H,2-4,7-8,13-14,16H2,1H3. The maximum absolute atomic E-state index is 13.5. The number of aliphatic hydroxyl groups excluding tert-OH is 1. The molecule has 33 heavy (non-hydrogen) atoms. The van der Waals surface area contributed by atoms with Crippen molar-refractivity contribution in [1.82, 2.24) is 9.47 Å². The molecule has 0 spiro atoms. The van der Waals surface area contributed by atoms with Gasteiger partial charge < -0.3 is 19.3 Å². The van der Waals surface area contributed by atoms with Crippen LogP contribution in [0.4, 0.5) is 0 Å². The number of fused-ring (bicyclic) bond motifs is 2. The van der Waals surface area contributed by atoms with Gasteiger partial charge in [0, 0.05) is 30.7 Å². The van der Waals surface area contributed by atoms with Crippen LogP contribution in [0.2, 0.25) is 0 Å². The molecule has 1 amide bonds. The fraction of sp³-hybridized carbons (Fsp3) is 0.407. The van der Waals surface area contributed by atoms with E-state index < -0.39 is 6.10 Å². The normalized spacial score (nSPS) is 17.8. The smallest absolute Gasteiger partial charge is 0.259 e. The molecule has 6 nitrogen and oxygen atoms in total. The summed E-state index contributed by atoms with van der Waals surface area (Å²) in [5.41, 5.74) is 2.45. The average Bonchev–Trinajstić information content (AvgIpc) is 3.08. The molecule has 172 valence electrons. The number of para-hydroxylation sites is 1. The average molecular weight is 447 g/mol. The summed E-state index contributed by atoms with van der Waals surface area (Å²) in [4.78, 5) is 28.2. The Morgan fingerprint density at radius 2 is 1.91 bits per heavy atom. The van der Waals surface area contributed by atoms with Crippen LogP contribution in [0.1, 0.15) is 59.7 Å². The maximum Gasteiger partial charge on any atom is 0.259 e. The van der Waals surface area contributed by atoms with Crippen LogP contribution in [0, 0.1) is 5.92 Å².